The molecule has 0 amide bonds. The molecule has 0 spiro atoms. The first-order valence-electron chi connectivity index (χ1n) is 15.2. The summed E-state index contributed by atoms with van der Waals surface area (Å²) >= 11 is 0. The molecule has 39 heavy (non-hydrogen) atoms. The van der Waals surface area contributed by atoms with Crippen LogP contribution in [-0.2, 0) is 11.2 Å². The van der Waals surface area contributed by atoms with Crippen molar-refractivity contribution in [3.05, 3.63) is 40.5 Å². The van der Waals surface area contributed by atoms with E-state index in [-0.39, 0.29) is 23.5 Å². The van der Waals surface area contributed by atoms with Crippen molar-refractivity contribution in [2.24, 2.45) is 0 Å². The van der Waals surface area contributed by atoms with Gasteiger partial charge >= 0.3 is 5.97 Å². The van der Waals surface area contributed by atoms with Gasteiger partial charge in [-0.2, -0.15) is 0 Å². The Bertz CT molecular complexity index is 909. The summed E-state index contributed by atoms with van der Waals surface area (Å²) in [4.78, 5) is 24.3. The number of allylic oxidation sites excluding steroid dienone is 4. The maximum absolute atomic E-state index is 12.5. The molecule has 0 aromatic heterocycles. The van der Waals surface area contributed by atoms with E-state index in [2.05, 4.69) is 33.8 Å². The zero-order valence-electron chi connectivity index (χ0n) is 25.4. The smallest absolute Gasteiger partial charge is 0.311 e. The van der Waals surface area contributed by atoms with Crippen LogP contribution in [0.25, 0.3) is 0 Å². The van der Waals surface area contributed by atoms with Gasteiger partial charge in [-0.25, -0.2) is 0 Å². The van der Waals surface area contributed by atoms with Crippen LogP contribution in [0.15, 0.2) is 29.4 Å². The maximum atomic E-state index is 12.5. The molecule has 1 aromatic carbocycles. The average molecular weight is 543 g/mol. The molecule has 0 aliphatic heterocycles. The van der Waals surface area contributed by atoms with Crippen LogP contribution in [-0.4, -0.2) is 24.5 Å². The number of unbranched alkanes of at least 4 members (excludes halogenated alkanes) is 12. The van der Waals surface area contributed by atoms with Gasteiger partial charge in [0.25, 0.3) is 0 Å². The van der Waals surface area contributed by atoms with Crippen molar-refractivity contribution >= 4 is 12.3 Å². The number of aromatic hydroxyl groups is 1. The summed E-state index contributed by atoms with van der Waals surface area (Å²) in [5.74, 6) is -0.144. The third kappa shape index (κ3) is 15.0. The molecule has 0 fully saturated rings. The molecule has 0 unspecified atom stereocenters. The summed E-state index contributed by atoms with van der Waals surface area (Å²) in [6.07, 6.45) is 23.5. The molecule has 1 N–H and O–H groups in total. The van der Waals surface area contributed by atoms with Gasteiger partial charge in [0.05, 0.1) is 12.7 Å². The van der Waals surface area contributed by atoms with Crippen molar-refractivity contribution in [2.75, 3.05) is 7.11 Å². The minimum Gasteiger partial charge on any atom is -0.507 e. The first kappa shape index (κ1) is 34.5. The number of hydrogen-bond donors (Lipinski definition) is 1. The molecule has 1 rings (SSSR count). The lowest BCUT2D eigenvalue weighted by atomic mass is 10.0. The van der Waals surface area contributed by atoms with E-state index in [1.807, 2.05) is 6.08 Å². The van der Waals surface area contributed by atoms with Gasteiger partial charge in [0.2, 0.25) is 0 Å². The number of aldehydes is 1. The van der Waals surface area contributed by atoms with Gasteiger partial charge in [-0.1, -0.05) is 107 Å². The Morgan fingerprint density at radius 1 is 0.821 bits per heavy atom. The summed E-state index contributed by atoms with van der Waals surface area (Å²) in [7, 11) is 1.50. The predicted octanol–water partition coefficient (Wildman–Crippen LogP) is 9.84. The number of hydrogen-bond acceptors (Lipinski definition) is 5. The zero-order chi connectivity index (χ0) is 28.9. The molecule has 220 valence electrons. The largest absolute Gasteiger partial charge is 0.507 e. The lowest BCUT2D eigenvalue weighted by Gasteiger charge is -2.15. The molecule has 0 saturated carbocycles. The molecule has 0 heterocycles. The first-order valence-corrected chi connectivity index (χ1v) is 15.2. The number of benzene rings is 1. The van der Waals surface area contributed by atoms with Crippen LogP contribution in [0.2, 0.25) is 0 Å². The van der Waals surface area contributed by atoms with Crippen molar-refractivity contribution in [3.63, 3.8) is 0 Å². The molecule has 0 bridgehead atoms. The van der Waals surface area contributed by atoms with Crippen molar-refractivity contribution in [3.8, 4) is 17.2 Å². The van der Waals surface area contributed by atoms with Crippen molar-refractivity contribution in [1.29, 1.82) is 0 Å². The number of rotatable bonds is 22. The third-order valence-electron chi connectivity index (χ3n) is 7.16. The molecule has 5 heteroatoms. The molecule has 0 radical (unpaired) electrons. The minimum absolute atomic E-state index is 0.0138. The normalized spacial score (nSPS) is 11.4. The van der Waals surface area contributed by atoms with E-state index in [9.17, 15) is 14.7 Å². The van der Waals surface area contributed by atoms with Crippen molar-refractivity contribution in [1.82, 2.24) is 0 Å². The number of phenolic OH excluding ortho intramolecular Hbond substituents is 1. The maximum Gasteiger partial charge on any atom is 0.311 e. The van der Waals surface area contributed by atoms with Crippen LogP contribution >= 0.6 is 0 Å². The number of carbonyl (C=O) groups excluding carboxylic acids is 2. The topological polar surface area (TPSA) is 72.8 Å². The fourth-order valence-corrected chi connectivity index (χ4v) is 4.69. The SMILES string of the molecule is CCCCCCCCCCCCCCCC(=O)Oc1cc(OC)c(C/C=C(\C)CCC=C(C)C)c(O)c1C=O. The highest BCUT2D eigenvalue weighted by atomic mass is 16.5. The number of esters is 1. The highest BCUT2D eigenvalue weighted by Gasteiger charge is 2.20. The summed E-state index contributed by atoms with van der Waals surface area (Å²) in [6.45, 7) is 8.46. The fourth-order valence-electron chi connectivity index (χ4n) is 4.69. The first-order chi connectivity index (χ1) is 18.8. The van der Waals surface area contributed by atoms with Gasteiger partial charge in [-0.15, -0.1) is 0 Å². The molecular weight excluding hydrogens is 488 g/mol. The minimum atomic E-state index is -0.398. The third-order valence-corrected chi connectivity index (χ3v) is 7.16. The lowest BCUT2D eigenvalue weighted by Crippen LogP contribution is -2.10. The second-order valence-corrected chi connectivity index (χ2v) is 11.0. The van der Waals surface area contributed by atoms with Crippen LogP contribution in [0.3, 0.4) is 0 Å². The Hall–Kier alpha value is -2.56. The van der Waals surface area contributed by atoms with Crippen molar-refractivity contribution in [2.45, 2.75) is 137 Å². The van der Waals surface area contributed by atoms with E-state index in [1.165, 1.54) is 88.5 Å². The van der Waals surface area contributed by atoms with Crippen LogP contribution < -0.4 is 9.47 Å². The molecular formula is C34H54O5. The second kappa shape index (κ2) is 21.3. The number of carbonyl (C=O) groups is 2. The van der Waals surface area contributed by atoms with Gasteiger partial charge < -0.3 is 14.6 Å². The quantitative estimate of drug-likeness (QED) is 0.0519. The Balaban J connectivity index is 2.49. The second-order valence-electron chi connectivity index (χ2n) is 11.0. The highest BCUT2D eigenvalue weighted by Crippen LogP contribution is 2.38. The van der Waals surface area contributed by atoms with E-state index in [4.69, 9.17) is 9.47 Å². The van der Waals surface area contributed by atoms with E-state index < -0.39 is 5.97 Å². The van der Waals surface area contributed by atoms with Crippen LogP contribution in [0, 0.1) is 0 Å². The van der Waals surface area contributed by atoms with E-state index in [0.717, 1.165) is 32.1 Å². The number of phenols is 1. The van der Waals surface area contributed by atoms with E-state index in [0.29, 0.717) is 24.0 Å². The Morgan fingerprint density at radius 3 is 1.90 bits per heavy atom. The molecule has 0 aliphatic rings. The van der Waals surface area contributed by atoms with Gasteiger partial charge in [0.1, 0.15) is 17.2 Å². The Morgan fingerprint density at radius 2 is 1.38 bits per heavy atom. The van der Waals surface area contributed by atoms with E-state index >= 15 is 0 Å². The van der Waals surface area contributed by atoms with Crippen LogP contribution in [0.4, 0.5) is 0 Å². The molecule has 0 atom stereocenters. The molecule has 5 nitrogen and oxygen atoms in total. The molecule has 1 aromatic rings. The zero-order valence-corrected chi connectivity index (χ0v) is 25.4. The van der Waals surface area contributed by atoms with E-state index in [1.54, 1.807) is 0 Å². The number of methoxy groups -OCH3 is 1. The average Bonchev–Trinajstić information content (AvgIpc) is 2.90. The fraction of sp³-hybridized carbons (Fsp3) is 0.647. The number of ether oxygens (including phenoxy) is 2. The van der Waals surface area contributed by atoms with Gasteiger partial charge in [-0.3, -0.25) is 9.59 Å². The van der Waals surface area contributed by atoms with Gasteiger partial charge in [-0.05, 0) is 46.5 Å². The lowest BCUT2D eigenvalue weighted by molar-refractivity contribution is -0.134. The summed E-state index contributed by atoms with van der Waals surface area (Å²) in [6, 6.07) is 1.53. The standard InChI is InChI=1S/C34H54O5/c1-6-7-8-9-10-11-12-13-14-15-16-17-18-22-33(36)39-32-25-31(38-5)29(34(37)30(32)26-35)24-23-28(4)21-19-20-27(2)3/h20,23,25-26,37H,6-19,21-22,24H2,1-5H3/b28-23+. The monoisotopic (exact) mass is 542 g/mol. The molecule has 0 aliphatic carbocycles. The summed E-state index contributed by atoms with van der Waals surface area (Å²) in [5, 5.41) is 10.8. The van der Waals surface area contributed by atoms with Crippen LogP contribution in [0.5, 0.6) is 17.2 Å². The highest BCUT2D eigenvalue weighted by molar-refractivity contribution is 5.87. The predicted molar refractivity (Wildman–Crippen MR) is 162 cm³/mol. The Kier molecular flexibility index (Phi) is 18.8. The van der Waals surface area contributed by atoms with Gasteiger partial charge in [0, 0.05) is 18.1 Å². The summed E-state index contributed by atoms with van der Waals surface area (Å²) < 4.78 is 11.0. The van der Waals surface area contributed by atoms with Crippen LogP contribution in [0.1, 0.15) is 146 Å². The van der Waals surface area contributed by atoms with Crippen molar-refractivity contribution < 1.29 is 24.2 Å². The van der Waals surface area contributed by atoms with Gasteiger partial charge in [0.15, 0.2) is 6.29 Å². The Labute approximate surface area is 238 Å². The molecule has 0 saturated heterocycles. The summed E-state index contributed by atoms with van der Waals surface area (Å²) in [5.41, 5.74) is 2.98.